The first-order valence-corrected chi connectivity index (χ1v) is 4.58. The van der Waals surface area contributed by atoms with Crippen molar-refractivity contribution in [2.24, 2.45) is 5.73 Å². The lowest BCUT2D eigenvalue weighted by atomic mass is 10.1. The molecule has 4 nitrogen and oxygen atoms in total. The second kappa shape index (κ2) is 3.59. The van der Waals surface area contributed by atoms with Crippen LogP contribution in [0.4, 0.5) is 0 Å². The number of rotatable bonds is 2. The van der Waals surface area contributed by atoms with Crippen LogP contribution >= 0.6 is 11.5 Å². The van der Waals surface area contributed by atoms with E-state index >= 15 is 0 Å². The molecule has 0 aliphatic rings. The zero-order valence-electron chi connectivity index (χ0n) is 6.79. The Balaban J connectivity index is 2.29. The van der Waals surface area contributed by atoms with Crippen LogP contribution in [-0.4, -0.2) is 14.6 Å². The van der Waals surface area contributed by atoms with Crippen molar-refractivity contribution in [3.8, 4) is 0 Å². The molecule has 2 rings (SSSR count). The van der Waals surface area contributed by atoms with Gasteiger partial charge in [0.1, 0.15) is 0 Å². The molecule has 2 aromatic heterocycles. The highest BCUT2D eigenvalue weighted by Crippen LogP contribution is 2.19. The molecule has 13 heavy (non-hydrogen) atoms. The van der Waals surface area contributed by atoms with Gasteiger partial charge in [0, 0.05) is 12.4 Å². The molecule has 2 heterocycles. The molecule has 0 saturated carbocycles. The normalized spacial score (nSPS) is 12.7. The summed E-state index contributed by atoms with van der Waals surface area (Å²) in [6, 6.07) is 3.65. The third-order valence-electron chi connectivity index (χ3n) is 1.73. The quantitative estimate of drug-likeness (QED) is 0.770. The summed E-state index contributed by atoms with van der Waals surface area (Å²) >= 11 is 1.31. The number of hydrogen-bond donors (Lipinski definition) is 1. The zero-order valence-corrected chi connectivity index (χ0v) is 7.61. The van der Waals surface area contributed by atoms with E-state index in [9.17, 15) is 0 Å². The molecule has 0 spiro atoms. The molecule has 0 bridgehead atoms. The fourth-order valence-corrected chi connectivity index (χ4v) is 1.57. The fourth-order valence-electron chi connectivity index (χ4n) is 1.04. The summed E-state index contributed by atoms with van der Waals surface area (Å²) in [6.45, 7) is 0. The molecule has 0 aliphatic carbocycles. The summed E-state index contributed by atoms with van der Waals surface area (Å²) < 4.78 is 3.76. The third kappa shape index (κ3) is 1.71. The van der Waals surface area contributed by atoms with Crippen LogP contribution < -0.4 is 5.73 Å². The van der Waals surface area contributed by atoms with Gasteiger partial charge in [-0.1, -0.05) is 10.6 Å². The average Bonchev–Trinajstić information content (AvgIpc) is 2.71. The predicted molar refractivity (Wildman–Crippen MR) is 50.2 cm³/mol. The van der Waals surface area contributed by atoms with Crippen LogP contribution in [0, 0.1) is 0 Å². The van der Waals surface area contributed by atoms with Gasteiger partial charge in [0.2, 0.25) is 0 Å². The standard InChI is InChI=1S/C8H8N4S/c9-8(7-5-11-12-13-7)6-2-1-3-10-4-6/h1-5,8H,9H2. The maximum absolute atomic E-state index is 5.95. The number of nitrogens with zero attached hydrogens (tertiary/aromatic N) is 3. The lowest BCUT2D eigenvalue weighted by molar-refractivity contribution is 0.879. The van der Waals surface area contributed by atoms with Crippen LogP contribution in [0.5, 0.6) is 0 Å². The van der Waals surface area contributed by atoms with E-state index in [2.05, 4.69) is 14.6 Å². The first-order chi connectivity index (χ1) is 6.38. The summed E-state index contributed by atoms with van der Waals surface area (Å²) in [4.78, 5) is 4.95. The highest BCUT2D eigenvalue weighted by atomic mass is 32.1. The predicted octanol–water partition coefficient (Wildman–Crippen LogP) is 0.981. The Bertz CT molecular complexity index is 359. The molecule has 0 aliphatic heterocycles. The van der Waals surface area contributed by atoms with Gasteiger partial charge in [-0.2, -0.15) is 0 Å². The van der Waals surface area contributed by atoms with Crippen molar-refractivity contribution in [2.45, 2.75) is 6.04 Å². The molecule has 1 atom stereocenters. The molecule has 0 saturated heterocycles. The second-order valence-corrected chi connectivity index (χ2v) is 3.40. The van der Waals surface area contributed by atoms with E-state index in [1.54, 1.807) is 18.6 Å². The first kappa shape index (κ1) is 8.28. The molecule has 2 N–H and O–H groups in total. The van der Waals surface area contributed by atoms with Gasteiger partial charge in [0.05, 0.1) is 17.1 Å². The summed E-state index contributed by atoms with van der Waals surface area (Å²) in [5.74, 6) is 0. The number of nitrogens with two attached hydrogens (primary N) is 1. The molecule has 0 radical (unpaired) electrons. The Morgan fingerprint density at radius 1 is 1.38 bits per heavy atom. The van der Waals surface area contributed by atoms with E-state index in [1.807, 2.05) is 12.1 Å². The van der Waals surface area contributed by atoms with Gasteiger partial charge in [-0.05, 0) is 23.2 Å². The molecule has 2 aromatic rings. The Morgan fingerprint density at radius 2 is 2.31 bits per heavy atom. The Hall–Kier alpha value is -1.33. The van der Waals surface area contributed by atoms with E-state index in [-0.39, 0.29) is 6.04 Å². The summed E-state index contributed by atoms with van der Waals surface area (Å²) in [7, 11) is 0. The van der Waals surface area contributed by atoms with Crippen LogP contribution in [0.15, 0.2) is 30.7 Å². The van der Waals surface area contributed by atoms with E-state index in [0.717, 1.165) is 10.4 Å². The molecule has 0 fully saturated rings. The smallest absolute Gasteiger partial charge is 0.0693 e. The third-order valence-corrected chi connectivity index (χ3v) is 2.47. The monoisotopic (exact) mass is 192 g/mol. The van der Waals surface area contributed by atoms with E-state index < -0.39 is 0 Å². The van der Waals surface area contributed by atoms with Crippen molar-refractivity contribution in [2.75, 3.05) is 0 Å². The van der Waals surface area contributed by atoms with Gasteiger partial charge in [-0.15, -0.1) is 5.10 Å². The van der Waals surface area contributed by atoms with Gasteiger partial charge in [-0.3, -0.25) is 4.98 Å². The van der Waals surface area contributed by atoms with Crippen LogP contribution in [0.1, 0.15) is 16.5 Å². The Kier molecular flexibility index (Phi) is 2.29. The fraction of sp³-hybridized carbons (Fsp3) is 0.125. The minimum absolute atomic E-state index is 0.159. The maximum atomic E-state index is 5.95. The Labute approximate surface area is 79.6 Å². The molecule has 0 amide bonds. The first-order valence-electron chi connectivity index (χ1n) is 3.80. The van der Waals surface area contributed by atoms with E-state index in [4.69, 9.17) is 5.73 Å². The van der Waals surface area contributed by atoms with Gasteiger partial charge in [0.15, 0.2) is 0 Å². The van der Waals surface area contributed by atoms with Crippen LogP contribution in [-0.2, 0) is 0 Å². The SMILES string of the molecule is NC(c1cccnc1)c1cnns1. The van der Waals surface area contributed by atoms with Crippen molar-refractivity contribution < 1.29 is 0 Å². The van der Waals surface area contributed by atoms with Gasteiger partial charge in [-0.25, -0.2) is 0 Å². The van der Waals surface area contributed by atoms with Crippen molar-refractivity contribution in [1.82, 2.24) is 14.6 Å². The van der Waals surface area contributed by atoms with Gasteiger partial charge < -0.3 is 5.73 Å². The van der Waals surface area contributed by atoms with Crippen molar-refractivity contribution >= 4 is 11.5 Å². The van der Waals surface area contributed by atoms with Crippen LogP contribution in [0.2, 0.25) is 0 Å². The van der Waals surface area contributed by atoms with Crippen molar-refractivity contribution in [1.29, 1.82) is 0 Å². The maximum Gasteiger partial charge on any atom is 0.0693 e. The molecular formula is C8H8N4S. The minimum atomic E-state index is -0.159. The Morgan fingerprint density at radius 3 is 2.92 bits per heavy atom. The summed E-state index contributed by atoms with van der Waals surface area (Å²) in [5.41, 5.74) is 6.93. The van der Waals surface area contributed by atoms with Crippen LogP contribution in [0.3, 0.4) is 0 Å². The van der Waals surface area contributed by atoms with Gasteiger partial charge in [0.25, 0.3) is 0 Å². The molecule has 5 heteroatoms. The van der Waals surface area contributed by atoms with E-state index in [0.29, 0.717) is 0 Å². The highest BCUT2D eigenvalue weighted by molar-refractivity contribution is 7.05. The summed E-state index contributed by atoms with van der Waals surface area (Å²) in [5, 5.41) is 3.74. The number of hydrogen-bond acceptors (Lipinski definition) is 5. The lowest BCUT2D eigenvalue weighted by Gasteiger charge is -2.06. The highest BCUT2D eigenvalue weighted by Gasteiger charge is 2.10. The average molecular weight is 192 g/mol. The number of aromatic nitrogens is 3. The van der Waals surface area contributed by atoms with Gasteiger partial charge >= 0.3 is 0 Å². The molecule has 0 aromatic carbocycles. The topological polar surface area (TPSA) is 64.7 Å². The summed E-state index contributed by atoms with van der Waals surface area (Å²) in [6.07, 6.45) is 5.16. The minimum Gasteiger partial charge on any atom is -0.319 e. The van der Waals surface area contributed by atoms with Crippen LogP contribution in [0.25, 0.3) is 0 Å². The molecular weight excluding hydrogens is 184 g/mol. The second-order valence-electron chi connectivity index (χ2n) is 2.58. The number of pyridine rings is 1. The van der Waals surface area contributed by atoms with E-state index in [1.165, 1.54) is 11.5 Å². The zero-order chi connectivity index (χ0) is 9.10. The van der Waals surface area contributed by atoms with Crippen molar-refractivity contribution in [3.63, 3.8) is 0 Å². The largest absolute Gasteiger partial charge is 0.319 e. The van der Waals surface area contributed by atoms with Crippen molar-refractivity contribution in [3.05, 3.63) is 41.2 Å². The lowest BCUT2D eigenvalue weighted by Crippen LogP contribution is -2.10. The molecule has 1 unspecified atom stereocenters. The molecule has 66 valence electrons.